The normalized spacial score (nSPS) is 16.0. The monoisotopic (exact) mass is 820 g/mol. The van der Waals surface area contributed by atoms with E-state index in [1.165, 1.54) is 21.8 Å². The number of esters is 1. The van der Waals surface area contributed by atoms with Gasteiger partial charge in [0.05, 0.1) is 7.11 Å². The van der Waals surface area contributed by atoms with E-state index >= 15 is 0 Å². The molecule has 2 fully saturated rings. The zero-order valence-corrected chi connectivity index (χ0v) is 36.4. The zero-order valence-electron chi connectivity index (χ0n) is 36.4. The van der Waals surface area contributed by atoms with Crippen molar-refractivity contribution in [2.45, 2.75) is 130 Å². The van der Waals surface area contributed by atoms with Gasteiger partial charge in [0.25, 0.3) is 0 Å². The number of aliphatic carboxylic acids is 1. The number of rotatable bonds is 12. The van der Waals surface area contributed by atoms with Crippen LogP contribution in [0.3, 0.4) is 0 Å². The summed E-state index contributed by atoms with van der Waals surface area (Å²) in [5.74, 6) is -0.711. The average Bonchev–Trinajstić information content (AvgIpc) is 3.81. The molecule has 2 aliphatic rings. The Hall–Kier alpha value is -4.72. The van der Waals surface area contributed by atoms with E-state index < -0.39 is 41.4 Å². The maximum Gasteiger partial charge on any atom is 1.00 e. The van der Waals surface area contributed by atoms with Gasteiger partial charge in [-0.1, -0.05) is 0 Å². The molecule has 4 amide bonds. The number of carboxylic acid groups (broad SMARTS) is 1. The Kier molecular flexibility index (Phi) is 21.1. The van der Waals surface area contributed by atoms with Crippen LogP contribution in [0.1, 0.15) is 104 Å². The van der Waals surface area contributed by atoms with Crippen molar-refractivity contribution in [3.63, 3.8) is 0 Å². The summed E-state index contributed by atoms with van der Waals surface area (Å²) in [7, 11) is 1.33. The second-order valence-electron chi connectivity index (χ2n) is 16.2. The van der Waals surface area contributed by atoms with E-state index in [2.05, 4.69) is 9.97 Å². The number of hydrogen-bond donors (Lipinski definition) is 1. The summed E-state index contributed by atoms with van der Waals surface area (Å²) in [5, 5.41) is 9.23. The van der Waals surface area contributed by atoms with Gasteiger partial charge in [0.2, 0.25) is 11.8 Å². The predicted octanol–water partition coefficient (Wildman–Crippen LogP) is 2.89. The number of carboxylic acids is 1. The van der Waals surface area contributed by atoms with Gasteiger partial charge in [-0.25, -0.2) is 29.1 Å². The fourth-order valence-corrected chi connectivity index (χ4v) is 6.40. The number of anilines is 2. The molecule has 0 spiro atoms. The number of carbonyl (C=O) groups excluding carboxylic acids is 5. The number of hydrogen-bond acceptors (Lipinski definition) is 12. The van der Waals surface area contributed by atoms with Crippen molar-refractivity contribution in [1.29, 1.82) is 0 Å². The zero-order chi connectivity index (χ0) is 42.5. The molecular weight excluding hydrogens is 759 g/mol. The molecule has 2 atom stereocenters. The van der Waals surface area contributed by atoms with Crippen LogP contribution in [0.4, 0.5) is 21.2 Å². The summed E-state index contributed by atoms with van der Waals surface area (Å²) in [5.41, 5.74) is 0.631. The number of carbonyl (C=O) groups is 6. The molecule has 2 saturated heterocycles. The molecule has 322 valence electrons. The molecule has 2 N–H and O–H groups in total. The minimum Gasteiger partial charge on any atom is -0.870 e. The van der Waals surface area contributed by atoms with E-state index in [1.54, 1.807) is 71.0 Å². The van der Waals surface area contributed by atoms with E-state index in [0.29, 0.717) is 56.8 Å². The molecule has 59 heavy (non-hydrogen) atoms. The third-order valence-corrected chi connectivity index (χ3v) is 9.03. The molecule has 17 nitrogen and oxygen atoms in total. The second kappa shape index (κ2) is 23.8. The van der Waals surface area contributed by atoms with Crippen LogP contribution in [-0.4, -0.2) is 123 Å². The molecule has 0 aromatic carbocycles. The summed E-state index contributed by atoms with van der Waals surface area (Å²) in [6.07, 6.45) is 6.01. The van der Waals surface area contributed by atoms with Gasteiger partial charge < -0.3 is 34.6 Å². The summed E-state index contributed by atoms with van der Waals surface area (Å²) in [4.78, 5) is 87.9. The first-order valence-corrected chi connectivity index (χ1v) is 19.5. The molecule has 4 heterocycles. The van der Waals surface area contributed by atoms with Gasteiger partial charge in [-0.3, -0.25) is 19.4 Å². The molecule has 18 heteroatoms. The number of aromatic nitrogens is 2. The molecule has 2 aromatic rings. The van der Waals surface area contributed by atoms with Crippen LogP contribution in [0.25, 0.3) is 0 Å². The summed E-state index contributed by atoms with van der Waals surface area (Å²) in [6.45, 7) is 16.1. The summed E-state index contributed by atoms with van der Waals surface area (Å²) >= 11 is 0. The molecule has 4 rings (SSSR count). The Morgan fingerprint density at radius 2 is 1.12 bits per heavy atom. The summed E-state index contributed by atoms with van der Waals surface area (Å²) < 4.78 is 15.8. The first-order valence-electron chi connectivity index (χ1n) is 19.5. The molecule has 2 aromatic heterocycles. The number of amides is 4. The second-order valence-corrected chi connectivity index (χ2v) is 16.2. The van der Waals surface area contributed by atoms with Crippen molar-refractivity contribution in [1.82, 2.24) is 19.8 Å². The van der Waals surface area contributed by atoms with E-state index in [-0.39, 0.29) is 68.1 Å². The molecular formula is C41H61LiN6O11. The van der Waals surface area contributed by atoms with Gasteiger partial charge in [-0.05, 0) is 129 Å². The number of pyridine rings is 2. The van der Waals surface area contributed by atoms with Crippen LogP contribution < -0.4 is 28.7 Å². The molecule has 0 aliphatic carbocycles. The predicted molar refractivity (Wildman–Crippen MR) is 215 cm³/mol. The van der Waals surface area contributed by atoms with Gasteiger partial charge in [0.1, 0.15) is 34.9 Å². The number of nitrogens with zero attached hydrogens (tertiary/aromatic N) is 6. The molecule has 0 radical (unpaired) electrons. The largest absolute Gasteiger partial charge is 1.00 e. The Labute approximate surface area is 359 Å². The van der Waals surface area contributed by atoms with Gasteiger partial charge in [-0.2, -0.15) is 0 Å². The molecule has 2 aliphatic heterocycles. The van der Waals surface area contributed by atoms with Crippen LogP contribution >= 0.6 is 0 Å². The Morgan fingerprint density at radius 3 is 1.47 bits per heavy atom. The van der Waals surface area contributed by atoms with Crippen molar-refractivity contribution in [2.75, 3.05) is 43.1 Å². The Bertz CT molecular complexity index is 1730. The van der Waals surface area contributed by atoms with Crippen molar-refractivity contribution in [2.24, 2.45) is 0 Å². The van der Waals surface area contributed by atoms with E-state index in [9.17, 15) is 33.9 Å². The first kappa shape index (κ1) is 52.3. The van der Waals surface area contributed by atoms with Gasteiger partial charge >= 0.3 is 43.0 Å². The third kappa shape index (κ3) is 16.8. The Balaban J connectivity index is 0.000000571. The molecule has 0 bridgehead atoms. The minimum absolute atomic E-state index is 0. The van der Waals surface area contributed by atoms with Crippen molar-refractivity contribution < 1.29 is 72.4 Å². The van der Waals surface area contributed by atoms with Crippen LogP contribution in [0.15, 0.2) is 36.7 Å². The fourth-order valence-electron chi connectivity index (χ4n) is 6.40. The first-order chi connectivity index (χ1) is 26.7. The number of ether oxygens (including phenoxy) is 3. The van der Waals surface area contributed by atoms with Gasteiger partial charge in [-0.15, -0.1) is 0 Å². The number of aryl methyl sites for hydroxylation is 2. The number of methoxy groups -OCH3 is 1. The Morgan fingerprint density at radius 1 is 0.729 bits per heavy atom. The standard InChI is InChI=1S/C21H31N3O5.C20H29N3O5.Li.H2O/c1-15-10-11-22-17(14-15)24(20(27)29-21(2,3)4)13-7-9-18(25)23-12-6-8-16(23)19(26)28-5;1-14-9-10-21-16(13-14)23(19(27)28-20(2,3)4)12-6-8-17(24)22-11-5-7-15(22)18(25)26;;/h10-11,14,16H,6-9,12-13H2,1-5H3;9-10,13,15H,5-8,11-12H2,1-4H3,(H,25,26);;1H2/q;;+1;/p-1/t16-;15-;;/m00../s1. The van der Waals surface area contributed by atoms with Gasteiger partial charge in [0.15, 0.2) is 0 Å². The number of likely N-dealkylation sites (tertiary alicyclic amines) is 2. The van der Waals surface area contributed by atoms with Crippen molar-refractivity contribution >= 4 is 47.6 Å². The smallest absolute Gasteiger partial charge is 0.870 e. The van der Waals surface area contributed by atoms with Crippen molar-refractivity contribution in [3.05, 3.63) is 47.8 Å². The average molecular weight is 821 g/mol. The molecule has 0 saturated carbocycles. The van der Waals surface area contributed by atoms with E-state index in [1.807, 2.05) is 26.0 Å². The quantitative estimate of drug-likeness (QED) is 0.185. The molecule has 0 unspecified atom stereocenters. The van der Waals surface area contributed by atoms with Gasteiger partial charge in [0, 0.05) is 51.4 Å². The topological polar surface area (TPSA) is 219 Å². The van der Waals surface area contributed by atoms with Crippen LogP contribution in [0, 0.1) is 13.8 Å². The van der Waals surface area contributed by atoms with E-state index in [0.717, 1.165) is 17.5 Å². The third-order valence-electron chi connectivity index (χ3n) is 9.03. The maximum absolute atomic E-state index is 12.7. The SMILES string of the molecule is COC(=O)[C@@H]1CCCN1C(=O)CCCN(C(=O)OC(C)(C)C)c1cc(C)ccn1.Cc1ccnc(N(CCCC(=O)N2CCC[C@H]2C(=O)O)C(=O)OC(C)(C)C)c1.[Li+].[OH-]. The van der Waals surface area contributed by atoms with Crippen LogP contribution in [-0.2, 0) is 33.4 Å². The maximum atomic E-state index is 12.7. The summed E-state index contributed by atoms with van der Waals surface area (Å²) in [6, 6.07) is 6.02. The fraction of sp³-hybridized carbons (Fsp3) is 0.610. The van der Waals surface area contributed by atoms with Crippen LogP contribution in [0.2, 0.25) is 0 Å². The minimum atomic E-state index is -0.967. The van der Waals surface area contributed by atoms with Crippen LogP contribution in [0.5, 0.6) is 0 Å². The van der Waals surface area contributed by atoms with Crippen molar-refractivity contribution in [3.8, 4) is 0 Å². The van der Waals surface area contributed by atoms with E-state index in [4.69, 9.17) is 14.2 Å².